The number of nitrogens with zero attached hydrogens (tertiary/aromatic N) is 1. The van der Waals surface area contributed by atoms with Crippen LogP contribution < -0.4 is 20.5 Å². The average Bonchev–Trinajstić information content (AvgIpc) is 2.81. The van der Waals surface area contributed by atoms with E-state index >= 15 is 0 Å². The van der Waals surface area contributed by atoms with Crippen LogP contribution in [0, 0.1) is 0 Å². The number of hydrogen-bond donors (Lipinski definition) is 3. The number of benzene rings is 3. The number of aromatic nitrogens is 1. The molecule has 3 N–H and O–H groups in total. The Morgan fingerprint density at radius 3 is 2.36 bits per heavy atom. The van der Waals surface area contributed by atoms with Crippen molar-refractivity contribution in [1.29, 1.82) is 0 Å². The monoisotopic (exact) mass is 457 g/mol. The zero-order valence-corrected chi connectivity index (χ0v) is 18.7. The minimum absolute atomic E-state index is 0.103. The van der Waals surface area contributed by atoms with E-state index in [4.69, 9.17) is 15.2 Å². The minimum Gasteiger partial charge on any atom is -0.457 e. The second-order valence-corrected chi connectivity index (χ2v) is 7.61. The van der Waals surface area contributed by atoms with Gasteiger partial charge in [0, 0.05) is 24.4 Å². The average molecular weight is 458 g/mol. The van der Waals surface area contributed by atoms with Crippen molar-refractivity contribution in [3.8, 4) is 34.1 Å². The van der Waals surface area contributed by atoms with Crippen molar-refractivity contribution in [1.82, 2.24) is 4.98 Å². The number of amides is 1. The van der Waals surface area contributed by atoms with Gasteiger partial charge in [-0.2, -0.15) is 12.6 Å². The quantitative estimate of drug-likeness (QED) is 0.275. The number of carbonyl (C=O) groups excluding carboxylic acids is 1. The maximum atomic E-state index is 11.9. The van der Waals surface area contributed by atoms with E-state index in [1.54, 1.807) is 24.4 Å². The highest BCUT2D eigenvalue weighted by Gasteiger charge is 2.13. The summed E-state index contributed by atoms with van der Waals surface area (Å²) in [5.41, 5.74) is 8.37. The van der Waals surface area contributed by atoms with E-state index in [9.17, 15) is 4.79 Å². The van der Waals surface area contributed by atoms with Crippen molar-refractivity contribution in [2.75, 3.05) is 16.8 Å². The van der Waals surface area contributed by atoms with E-state index in [2.05, 4.69) is 22.9 Å². The van der Waals surface area contributed by atoms with Crippen LogP contribution in [0.4, 0.5) is 11.5 Å². The van der Waals surface area contributed by atoms with Gasteiger partial charge in [0.05, 0.1) is 5.56 Å². The smallest absolute Gasteiger partial charge is 0.225 e. The molecular weight excluding hydrogens is 434 g/mol. The molecule has 1 heterocycles. The molecule has 0 fully saturated rings. The lowest BCUT2D eigenvalue weighted by molar-refractivity contribution is -0.115. The second kappa shape index (κ2) is 10.6. The number of nitrogen functional groups attached to an aromatic ring is 1. The lowest BCUT2D eigenvalue weighted by atomic mass is 10.1. The number of hydrogen-bond acceptors (Lipinski definition) is 6. The van der Waals surface area contributed by atoms with Crippen molar-refractivity contribution in [2.24, 2.45) is 0 Å². The van der Waals surface area contributed by atoms with Gasteiger partial charge in [-0.05, 0) is 53.8 Å². The molecule has 1 amide bonds. The summed E-state index contributed by atoms with van der Waals surface area (Å²) in [6, 6.07) is 26.1. The predicted octanol–water partition coefficient (Wildman–Crippen LogP) is 6.17. The van der Waals surface area contributed by atoms with Crippen LogP contribution in [0.5, 0.6) is 23.0 Å². The third-order valence-corrected chi connectivity index (χ3v) is 4.97. The van der Waals surface area contributed by atoms with Crippen LogP contribution in [0.1, 0.15) is 6.42 Å². The highest BCUT2D eigenvalue weighted by molar-refractivity contribution is 7.80. The van der Waals surface area contributed by atoms with Crippen molar-refractivity contribution in [2.45, 2.75) is 6.42 Å². The van der Waals surface area contributed by atoms with Gasteiger partial charge in [0.25, 0.3) is 0 Å². The van der Waals surface area contributed by atoms with E-state index < -0.39 is 0 Å². The van der Waals surface area contributed by atoms with Crippen molar-refractivity contribution >= 4 is 30.0 Å². The molecule has 166 valence electrons. The molecule has 33 heavy (non-hydrogen) atoms. The number of pyridine rings is 1. The molecule has 7 heteroatoms. The van der Waals surface area contributed by atoms with Crippen molar-refractivity contribution < 1.29 is 14.3 Å². The first-order valence-electron chi connectivity index (χ1n) is 10.4. The number of rotatable bonds is 8. The van der Waals surface area contributed by atoms with Gasteiger partial charge in [-0.3, -0.25) is 4.79 Å². The van der Waals surface area contributed by atoms with E-state index in [1.165, 1.54) is 0 Å². The van der Waals surface area contributed by atoms with Crippen molar-refractivity contribution in [3.63, 3.8) is 0 Å². The summed E-state index contributed by atoms with van der Waals surface area (Å²) in [6.07, 6.45) is 1.93. The first kappa shape index (κ1) is 22.2. The second-order valence-electron chi connectivity index (χ2n) is 7.16. The Morgan fingerprint density at radius 2 is 1.61 bits per heavy atom. The summed E-state index contributed by atoms with van der Waals surface area (Å²) in [6.45, 7) is 0. The molecule has 0 spiro atoms. The number of nitrogens with one attached hydrogen (secondary N) is 1. The molecule has 4 rings (SSSR count). The number of nitrogens with two attached hydrogens (primary N) is 1. The zero-order valence-electron chi connectivity index (χ0n) is 17.8. The van der Waals surface area contributed by atoms with E-state index in [1.807, 2.05) is 66.7 Å². The Morgan fingerprint density at radius 1 is 0.879 bits per heavy atom. The van der Waals surface area contributed by atoms with Gasteiger partial charge in [0.1, 0.15) is 28.8 Å². The first-order chi connectivity index (χ1) is 16.1. The highest BCUT2D eigenvalue weighted by Crippen LogP contribution is 2.38. The van der Waals surface area contributed by atoms with Gasteiger partial charge in [-0.1, -0.05) is 36.4 Å². The van der Waals surface area contributed by atoms with Crippen LogP contribution in [0.3, 0.4) is 0 Å². The Bertz CT molecular complexity index is 1230. The van der Waals surface area contributed by atoms with Gasteiger partial charge in [0.15, 0.2) is 0 Å². The summed E-state index contributed by atoms with van der Waals surface area (Å²) in [5, 5.41) is 2.83. The Kier molecular flexibility index (Phi) is 7.12. The molecule has 0 radical (unpaired) electrons. The van der Waals surface area contributed by atoms with Gasteiger partial charge in [-0.25, -0.2) is 4.98 Å². The van der Waals surface area contributed by atoms with Crippen LogP contribution in [-0.2, 0) is 4.79 Å². The number of ether oxygens (including phenoxy) is 2. The van der Waals surface area contributed by atoms with Crippen LogP contribution in [-0.4, -0.2) is 16.6 Å². The minimum atomic E-state index is -0.103. The Labute approximate surface area is 197 Å². The first-order valence-corrected chi connectivity index (χ1v) is 11.0. The number of para-hydroxylation sites is 1. The summed E-state index contributed by atoms with van der Waals surface area (Å²) >= 11 is 4.09. The summed E-state index contributed by atoms with van der Waals surface area (Å²) < 4.78 is 12.0. The molecule has 0 atom stereocenters. The topological polar surface area (TPSA) is 86.5 Å². The fourth-order valence-corrected chi connectivity index (χ4v) is 3.44. The normalized spacial score (nSPS) is 10.5. The molecule has 0 saturated carbocycles. The molecule has 0 saturated heterocycles. The Balaban J connectivity index is 1.56. The summed E-state index contributed by atoms with van der Waals surface area (Å²) in [7, 11) is 0. The molecule has 6 nitrogen and oxygen atoms in total. The number of carbonyl (C=O) groups is 1. The maximum absolute atomic E-state index is 11.9. The summed E-state index contributed by atoms with van der Waals surface area (Å²) in [5.74, 6) is 3.32. The van der Waals surface area contributed by atoms with Gasteiger partial charge in [0.2, 0.25) is 5.91 Å². The van der Waals surface area contributed by atoms with Crippen LogP contribution in [0.25, 0.3) is 11.1 Å². The fourth-order valence-electron chi connectivity index (χ4n) is 3.24. The molecule has 4 aromatic rings. The van der Waals surface area contributed by atoms with Crippen LogP contribution in [0.15, 0.2) is 91.1 Å². The maximum Gasteiger partial charge on any atom is 0.225 e. The number of thiol groups is 1. The highest BCUT2D eigenvalue weighted by atomic mass is 32.1. The van der Waals surface area contributed by atoms with Crippen molar-refractivity contribution in [3.05, 3.63) is 91.1 Å². The van der Waals surface area contributed by atoms with E-state index in [-0.39, 0.29) is 5.91 Å². The van der Waals surface area contributed by atoms with E-state index in [0.29, 0.717) is 46.5 Å². The third-order valence-electron chi connectivity index (χ3n) is 4.75. The lowest BCUT2D eigenvalue weighted by Gasteiger charge is -2.14. The molecular formula is C26H23N3O3S. The molecule has 0 aliphatic heterocycles. The fraction of sp³-hybridized carbons (Fsp3) is 0.0769. The number of anilines is 2. The standard InChI is InChI=1S/C26H23N3O3S/c27-26-25(18-9-11-21(12-10-18)31-20-6-2-1-3-7-20)23(13-15-28-26)32-22-8-4-5-19(17-22)29-24(30)14-16-33/h1-13,15,17,33H,14,16H2,(H2,27,28)(H,29,30). The predicted molar refractivity (Wildman–Crippen MR) is 134 cm³/mol. The SMILES string of the molecule is Nc1nccc(Oc2cccc(NC(=O)CCS)c2)c1-c1ccc(Oc2ccccc2)cc1. The van der Waals surface area contributed by atoms with Crippen LogP contribution in [0.2, 0.25) is 0 Å². The molecule has 0 aliphatic rings. The Hall–Kier alpha value is -3.97. The molecule has 0 aliphatic carbocycles. The molecule has 3 aromatic carbocycles. The lowest BCUT2D eigenvalue weighted by Crippen LogP contribution is -2.11. The van der Waals surface area contributed by atoms with Gasteiger partial charge in [-0.15, -0.1) is 0 Å². The zero-order chi connectivity index (χ0) is 23.0. The molecule has 0 unspecified atom stereocenters. The third kappa shape index (κ3) is 5.84. The summed E-state index contributed by atoms with van der Waals surface area (Å²) in [4.78, 5) is 16.1. The van der Waals surface area contributed by atoms with Crippen LogP contribution >= 0.6 is 12.6 Å². The largest absolute Gasteiger partial charge is 0.457 e. The van der Waals surface area contributed by atoms with Gasteiger partial charge >= 0.3 is 0 Å². The van der Waals surface area contributed by atoms with Gasteiger partial charge < -0.3 is 20.5 Å². The molecule has 1 aromatic heterocycles. The molecule has 0 bridgehead atoms. The van der Waals surface area contributed by atoms with E-state index in [0.717, 1.165) is 11.3 Å².